The summed E-state index contributed by atoms with van der Waals surface area (Å²) < 4.78 is 27.4. The number of alkyl halides is 2. The van der Waals surface area contributed by atoms with Gasteiger partial charge in [-0.05, 0) is 53.4 Å². The van der Waals surface area contributed by atoms with E-state index in [0.29, 0.717) is 23.7 Å². The minimum Gasteiger partial charge on any atom is -0.343 e. The van der Waals surface area contributed by atoms with Crippen molar-refractivity contribution in [3.63, 3.8) is 0 Å². The lowest BCUT2D eigenvalue weighted by atomic mass is 9.95. The first-order valence-electron chi connectivity index (χ1n) is 11.8. The Morgan fingerprint density at radius 2 is 1.92 bits per heavy atom. The number of rotatable bonds is 4. The van der Waals surface area contributed by atoms with Crippen molar-refractivity contribution in [3.8, 4) is 17.2 Å². The number of aryl methyl sites for hydroxylation is 1. The van der Waals surface area contributed by atoms with Crippen molar-refractivity contribution in [3.05, 3.63) is 59.8 Å². The topological polar surface area (TPSA) is 106 Å². The van der Waals surface area contributed by atoms with Gasteiger partial charge in [-0.25, -0.2) is 8.78 Å². The molecule has 8 nitrogen and oxygen atoms in total. The van der Waals surface area contributed by atoms with Crippen LogP contribution in [-0.2, 0) is 16.0 Å². The first kappa shape index (κ1) is 24.3. The number of nitriles is 1. The lowest BCUT2D eigenvalue weighted by Crippen LogP contribution is -2.43. The van der Waals surface area contributed by atoms with Crippen molar-refractivity contribution in [1.29, 1.82) is 5.26 Å². The predicted octanol–water partition coefficient (Wildman–Crippen LogP) is 3.30. The number of likely N-dealkylation sites (tertiary alicyclic amines) is 1. The van der Waals surface area contributed by atoms with Crippen molar-refractivity contribution in [2.45, 2.75) is 31.2 Å². The molecule has 1 unspecified atom stereocenters. The van der Waals surface area contributed by atoms with Crippen LogP contribution in [0.15, 0.2) is 48.7 Å². The van der Waals surface area contributed by atoms with Gasteiger partial charge < -0.3 is 15.1 Å². The van der Waals surface area contributed by atoms with Gasteiger partial charge in [0.05, 0.1) is 30.2 Å². The number of hydrogen-bond donors (Lipinski definition) is 1. The van der Waals surface area contributed by atoms with Crippen LogP contribution in [0, 0.1) is 11.3 Å². The van der Waals surface area contributed by atoms with Crippen molar-refractivity contribution in [2.24, 2.45) is 0 Å². The summed E-state index contributed by atoms with van der Waals surface area (Å²) in [6.07, 6.45) is 1.87. The fourth-order valence-corrected chi connectivity index (χ4v) is 4.91. The highest BCUT2D eigenvalue weighted by molar-refractivity contribution is 6.07. The third-order valence-corrected chi connectivity index (χ3v) is 6.88. The average molecular weight is 504 g/mol. The molecule has 10 heteroatoms. The normalized spacial score (nSPS) is 18.4. The Kier molecular flexibility index (Phi) is 6.07. The van der Waals surface area contributed by atoms with Crippen LogP contribution in [0.4, 0.5) is 14.5 Å². The Balaban J connectivity index is 1.38. The number of amides is 3. The minimum absolute atomic E-state index is 0.0766. The molecule has 0 bridgehead atoms. The highest BCUT2D eigenvalue weighted by Crippen LogP contribution is 2.33. The molecule has 0 spiro atoms. The number of pyridine rings is 1. The van der Waals surface area contributed by atoms with Gasteiger partial charge in [0.15, 0.2) is 0 Å². The number of hydrogen-bond acceptors (Lipinski definition) is 5. The molecular formula is C27H23F2N5O3. The molecular weight excluding hydrogens is 480 g/mol. The predicted molar refractivity (Wildman–Crippen MR) is 132 cm³/mol. The lowest BCUT2D eigenvalue weighted by molar-refractivity contribution is -0.131. The molecule has 2 aromatic carbocycles. The third-order valence-electron chi connectivity index (χ3n) is 6.88. The zero-order valence-corrected chi connectivity index (χ0v) is 20.0. The summed E-state index contributed by atoms with van der Waals surface area (Å²) in [5.74, 6) is -4.34. The van der Waals surface area contributed by atoms with Crippen LogP contribution in [-0.4, -0.2) is 59.7 Å². The average Bonchev–Trinajstić information content (AvgIpc) is 3.23. The maximum absolute atomic E-state index is 13.7. The second-order valence-electron chi connectivity index (χ2n) is 9.30. The first-order valence-corrected chi connectivity index (χ1v) is 11.8. The Labute approximate surface area is 211 Å². The van der Waals surface area contributed by atoms with Gasteiger partial charge in [-0.2, -0.15) is 5.26 Å². The van der Waals surface area contributed by atoms with E-state index in [1.54, 1.807) is 24.1 Å². The van der Waals surface area contributed by atoms with Crippen LogP contribution in [0.2, 0.25) is 0 Å². The number of nitrogens with one attached hydrogen (secondary N) is 1. The molecule has 0 radical (unpaired) electrons. The summed E-state index contributed by atoms with van der Waals surface area (Å²) >= 11 is 0. The Morgan fingerprint density at radius 3 is 2.70 bits per heavy atom. The van der Waals surface area contributed by atoms with Gasteiger partial charge in [-0.1, -0.05) is 12.1 Å². The minimum atomic E-state index is -3.13. The zero-order valence-electron chi connectivity index (χ0n) is 20.0. The summed E-state index contributed by atoms with van der Waals surface area (Å²) in [4.78, 5) is 44.3. The van der Waals surface area contributed by atoms with Gasteiger partial charge in [0.2, 0.25) is 11.8 Å². The number of anilines is 1. The van der Waals surface area contributed by atoms with E-state index in [0.717, 1.165) is 27.3 Å². The lowest BCUT2D eigenvalue weighted by Gasteiger charge is -2.26. The van der Waals surface area contributed by atoms with Gasteiger partial charge in [0, 0.05) is 37.2 Å². The highest BCUT2D eigenvalue weighted by atomic mass is 19.3. The van der Waals surface area contributed by atoms with E-state index in [-0.39, 0.29) is 11.5 Å². The molecule has 37 heavy (non-hydrogen) atoms. The van der Waals surface area contributed by atoms with Crippen LogP contribution >= 0.6 is 0 Å². The Hall–Kier alpha value is -4.39. The van der Waals surface area contributed by atoms with Crippen LogP contribution < -0.4 is 10.2 Å². The number of aromatic nitrogens is 1. The van der Waals surface area contributed by atoms with Gasteiger partial charge in [0.1, 0.15) is 6.04 Å². The third kappa shape index (κ3) is 4.60. The number of benzene rings is 2. The van der Waals surface area contributed by atoms with Gasteiger partial charge in [-0.3, -0.25) is 19.4 Å². The fourth-order valence-electron chi connectivity index (χ4n) is 4.91. The largest absolute Gasteiger partial charge is 0.343 e. The summed E-state index contributed by atoms with van der Waals surface area (Å²) in [5, 5.41) is 12.2. The van der Waals surface area contributed by atoms with Gasteiger partial charge in [0.25, 0.3) is 11.8 Å². The SMILES string of the molecule is CN1C(=O)CCc2cc(-c3ccc4nccc(C(=O)NCC(=O)N5CC(F)(F)CC5C#N)c4c3)ccc21. The summed E-state index contributed by atoms with van der Waals surface area (Å²) in [6, 6.07) is 13.4. The van der Waals surface area contributed by atoms with Crippen LogP contribution in [0.25, 0.3) is 22.0 Å². The van der Waals surface area contributed by atoms with Gasteiger partial charge >= 0.3 is 0 Å². The molecule has 1 fully saturated rings. The maximum atomic E-state index is 13.7. The number of fused-ring (bicyclic) bond motifs is 2. The Bertz CT molecular complexity index is 1480. The molecule has 188 valence electrons. The summed E-state index contributed by atoms with van der Waals surface area (Å²) in [5.41, 5.74) is 4.57. The van der Waals surface area contributed by atoms with Crippen molar-refractivity contribution in [2.75, 3.05) is 25.0 Å². The molecule has 0 aliphatic carbocycles. The molecule has 2 aliphatic rings. The smallest absolute Gasteiger partial charge is 0.268 e. The van der Waals surface area contributed by atoms with Crippen molar-refractivity contribution >= 4 is 34.3 Å². The number of halogens is 2. The number of carbonyl (C=O) groups excluding carboxylic acids is 3. The molecule has 3 aromatic rings. The van der Waals surface area contributed by atoms with E-state index in [4.69, 9.17) is 5.26 Å². The maximum Gasteiger partial charge on any atom is 0.268 e. The summed E-state index contributed by atoms with van der Waals surface area (Å²) in [7, 11) is 1.76. The molecule has 1 atom stereocenters. The zero-order chi connectivity index (χ0) is 26.3. The molecule has 1 aromatic heterocycles. The molecule has 1 N–H and O–H groups in total. The number of nitrogens with zero attached hydrogens (tertiary/aromatic N) is 4. The van der Waals surface area contributed by atoms with E-state index in [2.05, 4.69) is 10.3 Å². The van der Waals surface area contributed by atoms with E-state index in [9.17, 15) is 23.2 Å². The summed E-state index contributed by atoms with van der Waals surface area (Å²) in [6.45, 7) is -1.35. The second-order valence-corrected chi connectivity index (χ2v) is 9.30. The fraction of sp³-hybridized carbons (Fsp3) is 0.296. The van der Waals surface area contributed by atoms with E-state index >= 15 is 0 Å². The van der Waals surface area contributed by atoms with E-state index in [1.165, 1.54) is 12.3 Å². The van der Waals surface area contributed by atoms with Crippen molar-refractivity contribution < 1.29 is 23.2 Å². The first-order chi connectivity index (χ1) is 17.7. The van der Waals surface area contributed by atoms with Crippen LogP contribution in [0.3, 0.4) is 0 Å². The van der Waals surface area contributed by atoms with Gasteiger partial charge in [-0.15, -0.1) is 0 Å². The second kappa shape index (κ2) is 9.24. The number of carbonyl (C=O) groups is 3. The van der Waals surface area contributed by atoms with E-state index < -0.39 is 43.3 Å². The highest BCUT2D eigenvalue weighted by Gasteiger charge is 2.47. The van der Waals surface area contributed by atoms with Crippen molar-refractivity contribution in [1.82, 2.24) is 15.2 Å². The Morgan fingerprint density at radius 1 is 1.16 bits per heavy atom. The molecule has 1 saturated heterocycles. The molecule has 3 amide bonds. The van der Waals surface area contributed by atoms with Crippen LogP contribution in [0.5, 0.6) is 0 Å². The standard InChI is InChI=1S/C27H23F2N5O3/c1-33-23-6-3-16(10-18(23)4-7-24(33)35)17-2-5-22-21(11-17)20(8-9-31-22)26(37)32-14-25(36)34-15-27(28,29)12-19(34)13-30/h2-3,5-6,8-11,19H,4,7,12,14-15H2,1H3,(H,32,37). The molecule has 0 saturated carbocycles. The van der Waals surface area contributed by atoms with E-state index in [1.807, 2.05) is 30.3 Å². The molecule has 3 heterocycles. The quantitative estimate of drug-likeness (QED) is 0.588. The molecule has 2 aliphatic heterocycles. The van der Waals surface area contributed by atoms with Crippen LogP contribution in [0.1, 0.15) is 28.8 Å². The monoisotopic (exact) mass is 503 g/mol. The molecule has 5 rings (SSSR count).